The van der Waals surface area contributed by atoms with Gasteiger partial charge in [-0.05, 0) is 31.5 Å². The standard InChI is InChI=1S/C17H22N4O3S.ClH/c1-11(2)25(23,24)10-12-4-3-5-13(8-12)19-17(22)16-14-9-18-7-6-15(14)20-21-16;/h3-5,8,11,18H,6-7,9-10H2,1-2H3,(H,19,22)(H,20,21);1H. The summed E-state index contributed by atoms with van der Waals surface area (Å²) in [6, 6.07) is 6.91. The summed E-state index contributed by atoms with van der Waals surface area (Å²) in [5, 5.41) is 12.6. The topological polar surface area (TPSA) is 104 Å². The Kier molecular flexibility index (Phi) is 6.44. The van der Waals surface area contributed by atoms with Gasteiger partial charge in [0, 0.05) is 36.5 Å². The molecular formula is C17H23ClN4O3S. The van der Waals surface area contributed by atoms with Crippen molar-refractivity contribution in [2.75, 3.05) is 11.9 Å². The van der Waals surface area contributed by atoms with Gasteiger partial charge in [0.15, 0.2) is 15.5 Å². The number of hydrogen-bond donors (Lipinski definition) is 3. The Morgan fingerprint density at radius 2 is 2.12 bits per heavy atom. The lowest BCUT2D eigenvalue weighted by Crippen LogP contribution is -2.25. The van der Waals surface area contributed by atoms with Crippen molar-refractivity contribution in [2.24, 2.45) is 0 Å². The molecule has 0 radical (unpaired) electrons. The van der Waals surface area contributed by atoms with Crippen LogP contribution in [0.4, 0.5) is 5.69 Å². The Balaban J connectivity index is 0.00000243. The van der Waals surface area contributed by atoms with Crippen LogP contribution in [0.1, 0.15) is 41.2 Å². The van der Waals surface area contributed by atoms with Gasteiger partial charge >= 0.3 is 0 Å². The molecule has 1 aliphatic heterocycles. The summed E-state index contributed by atoms with van der Waals surface area (Å²) in [6.07, 6.45) is 0.818. The Bertz CT molecular complexity index is 893. The fourth-order valence-electron chi connectivity index (χ4n) is 2.74. The van der Waals surface area contributed by atoms with Crippen LogP contribution in [0.3, 0.4) is 0 Å². The molecule has 0 unspecified atom stereocenters. The van der Waals surface area contributed by atoms with Crippen molar-refractivity contribution in [1.82, 2.24) is 15.5 Å². The monoisotopic (exact) mass is 398 g/mol. The van der Waals surface area contributed by atoms with Crippen LogP contribution in [-0.2, 0) is 28.6 Å². The van der Waals surface area contributed by atoms with Crippen molar-refractivity contribution < 1.29 is 13.2 Å². The lowest BCUT2D eigenvalue weighted by Gasteiger charge is -2.13. The van der Waals surface area contributed by atoms with Crippen molar-refractivity contribution in [3.8, 4) is 0 Å². The summed E-state index contributed by atoms with van der Waals surface area (Å²) in [7, 11) is -3.19. The molecule has 0 saturated heterocycles. The van der Waals surface area contributed by atoms with E-state index in [2.05, 4.69) is 20.8 Å². The first kappa shape index (κ1) is 20.4. The maximum atomic E-state index is 12.5. The van der Waals surface area contributed by atoms with E-state index in [0.717, 1.165) is 24.2 Å². The number of H-pyrrole nitrogens is 1. The zero-order valence-corrected chi connectivity index (χ0v) is 16.3. The van der Waals surface area contributed by atoms with Gasteiger partial charge in [0.1, 0.15) is 0 Å². The molecule has 3 rings (SSSR count). The number of anilines is 1. The van der Waals surface area contributed by atoms with Gasteiger partial charge in [0.05, 0.1) is 11.0 Å². The summed E-state index contributed by atoms with van der Waals surface area (Å²) in [4.78, 5) is 12.5. The summed E-state index contributed by atoms with van der Waals surface area (Å²) in [6.45, 7) is 4.80. The molecule has 1 amide bonds. The molecular weight excluding hydrogens is 376 g/mol. The largest absolute Gasteiger partial charge is 0.321 e. The second kappa shape index (κ2) is 8.20. The molecule has 0 aliphatic carbocycles. The first-order chi connectivity index (χ1) is 11.9. The molecule has 0 bridgehead atoms. The minimum Gasteiger partial charge on any atom is -0.321 e. The van der Waals surface area contributed by atoms with E-state index in [9.17, 15) is 13.2 Å². The number of nitrogens with zero attached hydrogens (tertiary/aromatic N) is 1. The first-order valence-electron chi connectivity index (χ1n) is 8.25. The number of carbonyl (C=O) groups excluding carboxylic acids is 1. The molecule has 0 fully saturated rings. The van der Waals surface area contributed by atoms with Gasteiger partial charge in [-0.2, -0.15) is 5.10 Å². The van der Waals surface area contributed by atoms with Crippen LogP contribution < -0.4 is 10.6 Å². The molecule has 9 heteroatoms. The summed E-state index contributed by atoms with van der Waals surface area (Å²) in [5.74, 6) is -0.346. The zero-order valence-electron chi connectivity index (χ0n) is 14.7. The molecule has 0 saturated carbocycles. The van der Waals surface area contributed by atoms with Gasteiger partial charge in [0.2, 0.25) is 0 Å². The highest BCUT2D eigenvalue weighted by atomic mass is 35.5. The summed E-state index contributed by atoms with van der Waals surface area (Å²) >= 11 is 0. The fraction of sp³-hybridized carbons (Fsp3) is 0.412. The first-order valence-corrected chi connectivity index (χ1v) is 9.97. The Hall–Kier alpha value is -1.90. The highest BCUT2D eigenvalue weighted by Crippen LogP contribution is 2.19. The van der Waals surface area contributed by atoms with E-state index in [-0.39, 0.29) is 24.1 Å². The third-order valence-corrected chi connectivity index (χ3v) is 6.46. The van der Waals surface area contributed by atoms with E-state index >= 15 is 0 Å². The van der Waals surface area contributed by atoms with E-state index in [0.29, 0.717) is 23.5 Å². The number of benzene rings is 1. The van der Waals surface area contributed by atoms with Gasteiger partial charge < -0.3 is 10.6 Å². The van der Waals surface area contributed by atoms with E-state index in [4.69, 9.17) is 0 Å². The van der Waals surface area contributed by atoms with Crippen LogP contribution in [0.2, 0.25) is 0 Å². The van der Waals surface area contributed by atoms with Crippen molar-refractivity contribution >= 4 is 33.8 Å². The number of halogens is 1. The van der Waals surface area contributed by atoms with E-state index in [1.165, 1.54) is 0 Å². The molecule has 3 N–H and O–H groups in total. The van der Waals surface area contributed by atoms with Gasteiger partial charge in [-0.25, -0.2) is 8.42 Å². The van der Waals surface area contributed by atoms with Crippen molar-refractivity contribution in [3.05, 3.63) is 46.8 Å². The highest BCUT2D eigenvalue weighted by Gasteiger charge is 2.22. The van der Waals surface area contributed by atoms with E-state index in [1.54, 1.807) is 38.1 Å². The Labute approximate surface area is 159 Å². The van der Waals surface area contributed by atoms with Crippen molar-refractivity contribution in [3.63, 3.8) is 0 Å². The Morgan fingerprint density at radius 1 is 1.35 bits per heavy atom. The molecule has 1 aromatic carbocycles. The van der Waals surface area contributed by atoms with Crippen LogP contribution in [0, 0.1) is 0 Å². The number of nitrogens with one attached hydrogen (secondary N) is 3. The number of aromatic amines is 1. The van der Waals surface area contributed by atoms with Crippen molar-refractivity contribution in [1.29, 1.82) is 0 Å². The minimum atomic E-state index is -3.19. The van der Waals surface area contributed by atoms with Gasteiger partial charge in [0.25, 0.3) is 5.91 Å². The highest BCUT2D eigenvalue weighted by molar-refractivity contribution is 7.91. The second-order valence-corrected chi connectivity index (χ2v) is 9.02. The van der Waals surface area contributed by atoms with E-state index < -0.39 is 15.1 Å². The molecule has 1 aromatic heterocycles. The maximum Gasteiger partial charge on any atom is 0.276 e. The van der Waals surface area contributed by atoms with Gasteiger partial charge in [-0.3, -0.25) is 9.89 Å². The molecule has 1 aliphatic rings. The van der Waals surface area contributed by atoms with E-state index in [1.807, 2.05) is 0 Å². The smallest absolute Gasteiger partial charge is 0.276 e. The fourth-order valence-corrected chi connectivity index (χ4v) is 3.72. The van der Waals surface area contributed by atoms with Gasteiger partial charge in [-0.15, -0.1) is 12.4 Å². The average Bonchev–Trinajstić information content (AvgIpc) is 2.98. The van der Waals surface area contributed by atoms with Crippen LogP contribution in [0.5, 0.6) is 0 Å². The number of rotatable bonds is 5. The number of hydrogen-bond acceptors (Lipinski definition) is 5. The third-order valence-electron chi connectivity index (χ3n) is 4.29. The number of aromatic nitrogens is 2. The van der Waals surface area contributed by atoms with Crippen LogP contribution >= 0.6 is 12.4 Å². The number of carbonyl (C=O) groups is 1. The Morgan fingerprint density at radius 3 is 2.85 bits per heavy atom. The molecule has 2 aromatic rings. The number of amides is 1. The zero-order chi connectivity index (χ0) is 18.0. The molecule has 26 heavy (non-hydrogen) atoms. The minimum absolute atomic E-state index is 0. The lowest BCUT2D eigenvalue weighted by molar-refractivity contribution is 0.102. The predicted molar refractivity (Wildman–Crippen MR) is 103 cm³/mol. The van der Waals surface area contributed by atoms with Crippen LogP contribution in [0.15, 0.2) is 24.3 Å². The SMILES string of the molecule is CC(C)S(=O)(=O)Cc1cccc(NC(=O)c2n[nH]c3c2CNCC3)c1.Cl. The lowest BCUT2D eigenvalue weighted by atomic mass is 10.1. The molecule has 0 atom stereocenters. The normalized spacial score (nSPS) is 13.8. The second-order valence-electron chi connectivity index (χ2n) is 6.47. The molecule has 0 spiro atoms. The summed E-state index contributed by atoms with van der Waals surface area (Å²) in [5.41, 5.74) is 3.46. The third kappa shape index (κ3) is 4.44. The maximum absolute atomic E-state index is 12.5. The quantitative estimate of drug-likeness (QED) is 0.715. The van der Waals surface area contributed by atoms with Crippen LogP contribution in [-0.4, -0.2) is 36.3 Å². The molecule has 7 nitrogen and oxygen atoms in total. The van der Waals surface area contributed by atoms with Crippen molar-refractivity contribution in [2.45, 2.75) is 37.8 Å². The summed E-state index contributed by atoms with van der Waals surface area (Å²) < 4.78 is 24.1. The van der Waals surface area contributed by atoms with Crippen LogP contribution in [0.25, 0.3) is 0 Å². The number of sulfone groups is 1. The van der Waals surface area contributed by atoms with Gasteiger partial charge in [-0.1, -0.05) is 12.1 Å². The average molecular weight is 399 g/mol. The molecule has 2 heterocycles. The molecule has 142 valence electrons. The predicted octanol–water partition coefficient (Wildman–Crippen LogP) is 2.05. The number of fused-ring (bicyclic) bond motifs is 1.